The highest BCUT2D eigenvalue weighted by molar-refractivity contribution is 7.84. The number of aryl methyl sites for hydroxylation is 2. The monoisotopic (exact) mass is 527 g/mol. The molecular weight excluding hydrogens is 491 g/mol. The molecule has 2 aromatic rings. The second kappa shape index (κ2) is 14.3. The highest BCUT2D eigenvalue weighted by atomic mass is 32.2. The number of halogens is 3. The second-order valence-corrected chi connectivity index (χ2v) is 10.4. The predicted molar refractivity (Wildman–Crippen MR) is 138 cm³/mol. The summed E-state index contributed by atoms with van der Waals surface area (Å²) >= 11 is 0. The summed E-state index contributed by atoms with van der Waals surface area (Å²) in [6, 6.07) is 14.4. The number of hydrogen-bond acceptors (Lipinski definition) is 5. The summed E-state index contributed by atoms with van der Waals surface area (Å²) in [6.45, 7) is 4.21. The lowest BCUT2D eigenvalue weighted by Crippen LogP contribution is -2.43. The van der Waals surface area contributed by atoms with E-state index in [-0.39, 0.29) is 25.0 Å². The van der Waals surface area contributed by atoms with Gasteiger partial charge in [0.2, 0.25) is 0 Å². The minimum absolute atomic E-state index is 0.0517. The van der Waals surface area contributed by atoms with Crippen molar-refractivity contribution < 1.29 is 27.2 Å². The largest absolute Gasteiger partial charge is 0.457 e. The van der Waals surface area contributed by atoms with Gasteiger partial charge in [-0.25, -0.2) is 17.4 Å². The number of hydrogen-bond donors (Lipinski definition) is 2. The van der Waals surface area contributed by atoms with Crippen LogP contribution >= 0.6 is 0 Å². The molecule has 3 rings (SSSR count). The van der Waals surface area contributed by atoms with Crippen LogP contribution in [0.2, 0.25) is 0 Å². The van der Waals surface area contributed by atoms with E-state index in [2.05, 4.69) is 4.40 Å². The summed E-state index contributed by atoms with van der Waals surface area (Å²) in [5.41, 5.74) is 7.51. The predicted octanol–water partition coefficient (Wildman–Crippen LogP) is 4.40. The summed E-state index contributed by atoms with van der Waals surface area (Å²) in [5.74, 6) is -0.180. The van der Waals surface area contributed by atoms with E-state index < -0.39 is 28.3 Å². The van der Waals surface area contributed by atoms with Gasteiger partial charge < -0.3 is 20.5 Å². The molecule has 0 saturated heterocycles. The van der Waals surface area contributed by atoms with Crippen molar-refractivity contribution in [1.82, 2.24) is 4.90 Å². The van der Waals surface area contributed by atoms with Gasteiger partial charge >= 0.3 is 0 Å². The molecule has 2 atom stereocenters. The molecule has 0 saturated carbocycles. The van der Waals surface area contributed by atoms with E-state index in [1.165, 1.54) is 6.07 Å². The molecule has 1 heterocycles. The number of amidine groups is 1. The number of benzene rings is 2. The van der Waals surface area contributed by atoms with Crippen molar-refractivity contribution in [2.45, 2.75) is 56.8 Å². The standard InChI is InChI=1S/C17H25F2N3O2S.C9H11FO/c1-17(2)15(25(23)21-16(20)24-17)13-8-6-12(7-9-13)5-4-10-22(3)11-14(18)19;10-9-6-2-1-4-8(9)5-3-7-11/h6-9,14-15H,4-5,10-11H2,1-3H3,(H2,20,21);1-2,4,6,11H,3,5,7H2. The maximum atomic E-state index is 12.8. The highest BCUT2D eigenvalue weighted by Gasteiger charge is 2.41. The fraction of sp³-hybridized carbons (Fsp3) is 0.500. The van der Waals surface area contributed by atoms with Gasteiger partial charge in [-0.1, -0.05) is 42.5 Å². The first-order valence-electron chi connectivity index (χ1n) is 11.9. The lowest BCUT2D eigenvalue weighted by Gasteiger charge is -2.35. The van der Waals surface area contributed by atoms with Gasteiger partial charge in [0.05, 0.1) is 6.54 Å². The average molecular weight is 528 g/mol. The van der Waals surface area contributed by atoms with E-state index in [1.54, 1.807) is 30.1 Å². The lowest BCUT2D eigenvalue weighted by atomic mass is 9.96. The molecule has 0 fully saturated rings. The Labute approximate surface area is 214 Å². The highest BCUT2D eigenvalue weighted by Crippen LogP contribution is 2.37. The maximum absolute atomic E-state index is 12.8. The van der Waals surface area contributed by atoms with Gasteiger partial charge in [0, 0.05) is 6.61 Å². The van der Waals surface area contributed by atoms with Crippen molar-refractivity contribution in [1.29, 1.82) is 0 Å². The Balaban J connectivity index is 0.000000346. The number of ether oxygens (including phenoxy) is 1. The van der Waals surface area contributed by atoms with Crippen LogP contribution in [0.5, 0.6) is 0 Å². The average Bonchev–Trinajstić information content (AvgIpc) is 2.78. The maximum Gasteiger partial charge on any atom is 0.296 e. The molecule has 1 aliphatic rings. The summed E-state index contributed by atoms with van der Waals surface area (Å²) in [7, 11) is 0.204. The third kappa shape index (κ3) is 9.55. The fourth-order valence-electron chi connectivity index (χ4n) is 3.95. The van der Waals surface area contributed by atoms with E-state index in [1.807, 2.05) is 38.1 Å². The Kier molecular flexibility index (Phi) is 11.9. The minimum Gasteiger partial charge on any atom is -0.457 e. The molecule has 0 radical (unpaired) electrons. The van der Waals surface area contributed by atoms with Crippen LogP contribution in [0.4, 0.5) is 13.2 Å². The Bertz CT molecular complexity index is 1000. The van der Waals surface area contributed by atoms with Crippen molar-refractivity contribution in [2.24, 2.45) is 10.1 Å². The zero-order chi connectivity index (χ0) is 26.7. The van der Waals surface area contributed by atoms with E-state index in [9.17, 15) is 17.4 Å². The molecular formula is C26H36F3N3O3S. The molecule has 1 aliphatic heterocycles. The number of alkyl halides is 2. The van der Waals surface area contributed by atoms with Crippen LogP contribution in [0, 0.1) is 5.82 Å². The van der Waals surface area contributed by atoms with Crippen LogP contribution in [0.3, 0.4) is 0 Å². The SMILES string of the molecule is CN(CCCc1ccc(C2S(=O)N=C(N)OC2(C)C)cc1)CC(F)F.OCCCc1ccccc1F. The molecule has 0 bridgehead atoms. The molecule has 0 spiro atoms. The normalized spacial score (nSPS) is 18.9. The lowest BCUT2D eigenvalue weighted by molar-refractivity contribution is 0.0848. The van der Waals surface area contributed by atoms with E-state index >= 15 is 0 Å². The molecule has 0 aliphatic carbocycles. The van der Waals surface area contributed by atoms with Crippen LogP contribution in [-0.4, -0.2) is 59.0 Å². The Morgan fingerprint density at radius 3 is 2.39 bits per heavy atom. The zero-order valence-electron chi connectivity index (χ0n) is 21.0. The molecule has 2 unspecified atom stereocenters. The van der Waals surface area contributed by atoms with Crippen LogP contribution in [0.25, 0.3) is 0 Å². The van der Waals surface area contributed by atoms with Crippen molar-refractivity contribution in [2.75, 3.05) is 26.7 Å². The van der Waals surface area contributed by atoms with Crippen LogP contribution in [0.15, 0.2) is 52.9 Å². The van der Waals surface area contributed by atoms with E-state index in [0.29, 0.717) is 24.9 Å². The van der Waals surface area contributed by atoms with Crippen molar-refractivity contribution in [3.05, 3.63) is 71.0 Å². The smallest absolute Gasteiger partial charge is 0.296 e. The molecule has 3 N–H and O–H groups in total. The van der Waals surface area contributed by atoms with Gasteiger partial charge in [0.15, 0.2) is 11.0 Å². The van der Waals surface area contributed by atoms with E-state index in [0.717, 1.165) is 24.0 Å². The Morgan fingerprint density at radius 2 is 1.81 bits per heavy atom. The van der Waals surface area contributed by atoms with Gasteiger partial charge in [0.1, 0.15) is 16.7 Å². The second-order valence-electron chi connectivity index (χ2n) is 9.21. The molecule has 36 heavy (non-hydrogen) atoms. The van der Waals surface area contributed by atoms with Crippen molar-refractivity contribution in [3.8, 4) is 0 Å². The molecule has 200 valence electrons. The summed E-state index contributed by atoms with van der Waals surface area (Å²) < 4.78 is 59.1. The van der Waals surface area contributed by atoms with Gasteiger partial charge in [-0.2, -0.15) is 0 Å². The Morgan fingerprint density at radius 1 is 1.14 bits per heavy atom. The first kappa shape index (κ1) is 29.8. The first-order valence-corrected chi connectivity index (χ1v) is 13.0. The molecule has 2 aromatic carbocycles. The molecule has 0 amide bonds. The van der Waals surface area contributed by atoms with Crippen LogP contribution in [-0.2, 0) is 28.6 Å². The minimum atomic E-state index is -2.30. The molecule has 10 heteroatoms. The summed E-state index contributed by atoms with van der Waals surface area (Å²) in [5, 5.41) is 8.10. The molecule has 6 nitrogen and oxygen atoms in total. The number of nitrogens with two attached hydrogens (primary N) is 1. The van der Waals surface area contributed by atoms with Gasteiger partial charge in [-0.3, -0.25) is 0 Å². The molecule has 0 aromatic heterocycles. The fourth-order valence-corrected chi connectivity index (χ4v) is 5.20. The first-order chi connectivity index (χ1) is 17.0. The van der Waals surface area contributed by atoms with Crippen LogP contribution in [0.1, 0.15) is 48.6 Å². The van der Waals surface area contributed by atoms with Gasteiger partial charge in [0.25, 0.3) is 12.4 Å². The third-order valence-corrected chi connectivity index (χ3v) is 7.28. The van der Waals surface area contributed by atoms with Crippen molar-refractivity contribution >= 4 is 17.0 Å². The quantitative estimate of drug-likeness (QED) is 0.478. The number of nitrogens with zero attached hydrogens (tertiary/aromatic N) is 2. The van der Waals surface area contributed by atoms with E-state index in [4.69, 9.17) is 15.6 Å². The number of aliphatic hydroxyl groups excluding tert-OH is 1. The zero-order valence-corrected chi connectivity index (χ0v) is 21.8. The van der Waals surface area contributed by atoms with Crippen molar-refractivity contribution in [3.63, 3.8) is 0 Å². The number of aliphatic hydroxyl groups is 1. The summed E-state index contributed by atoms with van der Waals surface area (Å²) in [4.78, 5) is 1.63. The van der Waals surface area contributed by atoms with Crippen LogP contribution < -0.4 is 5.73 Å². The topological polar surface area (TPSA) is 88.2 Å². The number of rotatable bonds is 10. The Hall–Kier alpha value is -2.43. The van der Waals surface area contributed by atoms with Gasteiger partial charge in [-0.05, 0) is 75.9 Å². The summed E-state index contributed by atoms with van der Waals surface area (Å²) in [6.07, 6.45) is 0.535. The third-order valence-electron chi connectivity index (χ3n) is 5.68. The van der Waals surface area contributed by atoms with Gasteiger partial charge in [-0.15, -0.1) is 4.40 Å².